The van der Waals surface area contributed by atoms with Crippen LogP contribution < -0.4 is 5.32 Å². The second kappa shape index (κ2) is 8.02. The molecule has 0 radical (unpaired) electrons. The van der Waals surface area contributed by atoms with Crippen LogP contribution in [-0.4, -0.2) is 49.7 Å². The lowest BCUT2D eigenvalue weighted by Gasteiger charge is -2.33. The van der Waals surface area contributed by atoms with Gasteiger partial charge in [-0.3, -0.25) is 14.5 Å². The molecule has 1 amide bonds. The maximum atomic E-state index is 11.7. The first-order valence-electron chi connectivity index (χ1n) is 12.0. The van der Waals surface area contributed by atoms with E-state index in [0.29, 0.717) is 17.1 Å². The predicted molar refractivity (Wildman–Crippen MR) is 131 cm³/mol. The molecule has 3 aromatic heterocycles. The molecule has 1 N–H and O–H groups in total. The zero-order chi connectivity index (χ0) is 22.7. The fraction of sp³-hybridized carbons (Fsp3) is 0.520. The summed E-state index contributed by atoms with van der Waals surface area (Å²) in [5.74, 6) is 0.220. The lowest BCUT2D eigenvalue weighted by molar-refractivity contribution is -0.114. The molecular formula is C25H30N6OS. The van der Waals surface area contributed by atoms with Crippen LogP contribution >= 0.6 is 11.3 Å². The van der Waals surface area contributed by atoms with Crippen LogP contribution in [0.5, 0.6) is 0 Å². The summed E-state index contributed by atoms with van der Waals surface area (Å²) < 4.78 is 2.30. The van der Waals surface area contributed by atoms with E-state index in [-0.39, 0.29) is 5.91 Å². The third kappa shape index (κ3) is 3.79. The Hall–Kier alpha value is -2.58. The predicted octanol–water partition coefficient (Wildman–Crippen LogP) is 4.79. The van der Waals surface area contributed by atoms with E-state index < -0.39 is 0 Å². The van der Waals surface area contributed by atoms with E-state index in [4.69, 9.17) is 10.1 Å². The van der Waals surface area contributed by atoms with Gasteiger partial charge >= 0.3 is 0 Å². The Morgan fingerprint density at radius 2 is 1.94 bits per heavy atom. The molecular weight excluding hydrogens is 432 g/mol. The zero-order valence-corrected chi connectivity index (χ0v) is 20.3. The molecule has 6 rings (SSSR count). The molecule has 1 saturated carbocycles. The monoisotopic (exact) mass is 462 g/mol. The van der Waals surface area contributed by atoms with E-state index in [0.717, 1.165) is 65.9 Å². The first-order chi connectivity index (χ1) is 16.0. The molecule has 7 nitrogen and oxygen atoms in total. The molecule has 172 valence electrons. The summed E-state index contributed by atoms with van der Waals surface area (Å²) in [5, 5.41) is 8.85. The van der Waals surface area contributed by atoms with Gasteiger partial charge in [0.1, 0.15) is 0 Å². The fourth-order valence-corrected chi connectivity index (χ4v) is 6.52. The van der Waals surface area contributed by atoms with Crippen LogP contribution in [0.2, 0.25) is 0 Å². The van der Waals surface area contributed by atoms with Crippen LogP contribution in [0.4, 0.5) is 5.13 Å². The van der Waals surface area contributed by atoms with E-state index in [1.165, 1.54) is 31.0 Å². The van der Waals surface area contributed by atoms with Gasteiger partial charge in [-0.2, -0.15) is 5.10 Å². The Morgan fingerprint density at radius 3 is 2.61 bits per heavy atom. The summed E-state index contributed by atoms with van der Waals surface area (Å²) in [4.78, 5) is 24.8. The van der Waals surface area contributed by atoms with Gasteiger partial charge in [-0.15, -0.1) is 0 Å². The van der Waals surface area contributed by atoms with Gasteiger partial charge in [-0.05, 0) is 57.1 Å². The van der Waals surface area contributed by atoms with Gasteiger partial charge in [0.05, 0.1) is 28.0 Å². The number of carbonyl (C=O) groups excluding carboxylic acids is 1. The number of aryl methyl sites for hydroxylation is 1. The van der Waals surface area contributed by atoms with Gasteiger partial charge < -0.3 is 10.2 Å². The van der Waals surface area contributed by atoms with Gasteiger partial charge in [0, 0.05) is 49.1 Å². The average Bonchev–Trinajstić information content (AvgIpc) is 3.45. The molecule has 0 aromatic carbocycles. The summed E-state index contributed by atoms with van der Waals surface area (Å²) in [6, 6.07) is 5.41. The van der Waals surface area contributed by atoms with Crippen LogP contribution in [0, 0.1) is 6.92 Å². The van der Waals surface area contributed by atoms with Crippen LogP contribution in [0.3, 0.4) is 0 Å². The summed E-state index contributed by atoms with van der Waals surface area (Å²) in [6.45, 7) is 8.11. The van der Waals surface area contributed by atoms with Gasteiger partial charge in [0.15, 0.2) is 5.13 Å². The van der Waals surface area contributed by atoms with E-state index in [2.05, 4.69) is 38.9 Å². The number of carbonyl (C=O) groups is 1. The van der Waals surface area contributed by atoms with Gasteiger partial charge in [0.25, 0.3) is 0 Å². The lowest BCUT2D eigenvalue weighted by Crippen LogP contribution is -2.36. The van der Waals surface area contributed by atoms with E-state index in [1.807, 2.05) is 13.1 Å². The number of pyridine rings is 1. The van der Waals surface area contributed by atoms with Crippen molar-refractivity contribution in [1.82, 2.24) is 24.6 Å². The van der Waals surface area contributed by atoms with Crippen molar-refractivity contribution < 1.29 is 4.79 Å². The number of rotatable bonds is 4. The second-order valence-corrected chi connectivity index (χ2v) is 10.8. The maximum Gasteiger partial charge on any atom is 0.223 e. The largest absolute Gasteiger partial charge is 0.302 e. The van der Waals surface area contributed by atoms with Crippen molar-refractivity contribution >= 4 is 22.4 Å². The molecule has 2 fully saturated rings. The van der Waals surface area contributed by atoms with Crippen molar-refractivity contribution in [3.8, 4) is 21.8 Å². The molecule has 1 atom stereocenters. The number of thiazole rings is 1. The number of nitrogens with one attached hydrogen (secondary N) is 1. The number of likely N-dealkylation sites (tertiary alicyclic amines) is 1. The van der Waals surface area contributed by atoms with Crippen LogP contribution in [0.15, 0.2) is 18.3 Å². The van der Waals surface area contributed by atoms with Gasteiger partial charge in [-0.25, -0.2) is 4.98 Å². The van der Waals surface area contributed by atoms with E-state index >= 15 is 0 Å². The quantitative estimate of drug-likeness (QED) is 0.603. The van der Waals surface area contributed by atoms with Crippen molar-refractivity contribution in [2.24, 2.45) is 0 Å². The van der Waals surface area contributed by atoms with Crippen molar-refractivity contribution in [2.75, 3.05) is 18.4 Å². The highest BCUT2D eigenvalue weighted by Crippen LogP contribution is 2.49. The van der Waals surface area contributed by atoms with Crippen molar-refractivity contribution in [2.45, 2.75) is 70.9 Å². The molecule has 0 spiro atoms. The topological polar surface area (TPSA) is 75.9 Å². The number of anilines is 1. The number of fused-ring (bicyclic) bond motifs is 3. The molecule has 1 aliphatic heterocycles. The minimum Gasteiger partial charge on any atom is -0.302 e. The summed E-state index contributed by atoms with van der Waals surface area (Å²) >= 11 is 1.58. The average molecular weight is 463 g/mol. The molecule has 0 bridgehead atoms. The molecule has 4 heterocycles. The Bertz CT molecular complexity index is 1200. The minimum absolute atomic E-state index is 0.0817. The third-order valence-corrected chi connectivity index (χ3v) is 8.25. The number of hydrogen-bond acceptors (Lipinski definition) is 6. The Balaban J connectivity index is 1.46. The molecule has 3 aliphatic rings. The van der Waals surface area contributed by atoms with Crippen LogP contribution in [-0.2, 0) is 11.2 Å². The molecule has 1 saturated heterocycles. The number of nitrogens with zero attached hydrogens (tertiary/aromatic N) is 5. The SMILES string of the molecule is CC(=O)Nc1nc2c(s1)-c1c(c(-c3ccc(C)nc3)nn1C1CCN(C3CC3)CC1)C(C)C2. The normalized spacial score (nSPS) is 21.0. The maximum absolute atomic E-state index is 11.7. The summed E-state index contributed by atoms with van der Waals surface area (Å²) in [6.07, 6.45) is 7.78. The van der Waals surface area contributed by atoms with Crippen LogP contribution in [0.1, 0.15) is 68.4 Å². The van der Waals surface area contributed by atoms with Gasteiger partial charge in [0.2, 0.25) is 5.91 Å². The Morgan fingerprint density at radius 1 is 1.15 bits per heavy atom. The zero-order valence-electron chi connectivity index (χ0n) is 19.5. The number of amides is 1. The number of piperidine rings is 1. The lowest BCUT2D eigenvalue weighted by atomic mass is 9.86. The van der Waals surface area contributed by atoms with Crippen LogP contribution in [0.25, 0.3) is 21.8 Å². The second-order valence-electron chi connectivity index (χ2n) is 9.82. The highest BCUT2D eigenvalue weighted by molar-refractivity contribution is 7.19. The standard InChI is InChI=1S/C25H30N6OS/c1-14-12-20-24(33-25(28-20)27-16(3)32)23-21(14)22(17-5-4-15(2)26-13-17)29-31(23)19-8-10-30(11-9-19)18-6-7-18/h4-5,13-14,18-19H,6-12H2,1-3H3,(H,27,28,32). The molecule has 1 unspecified atom stereocenters. The van der Waals surface area contributed by atoms with Crippen molar-refractivity contribution in [1.29, 1.82) is 0 Å². The fourth-order valence-electron chi connectivity index (χ4n) is 5.43. The first kappa shape index (κ1) is 21.0. The molecule has 2 aliphatic carbocycles. The van der Waals surface area contributed by atoms with E-state index in [9.17, 15) is 4.79 Å². The van der Waals surface area contributed by atoms with Crippen molar-refractivity contribution in [3.63, 3.8) is 0 Å². The molecule has 33 heavy (non-hydrogen) atoms. The summed E-state index contributed by atoms with van der Waals surface area (Å²) in [7, 11) is 0. The highest BCUT2D eigenvalue weighted by atomic mass is 32.1. The third-order valence-electron chi connectivity index (χ3n) is 7.23. The first-order valence-corrected chi connectivity index (χ1v) is 12.9. The molecule has 8 heteroatoms. The van der Waals surface area contributed by atoms with Gasteiger partial charge in [-0.1, -0.05) is 18.3 Å². The highest BCUT2D eigenvalue weighted by Gasteiger charge is 2.37. The molecule has 3 aromatic rings. The summed E-state index contributed by atoms with van der Waals surface area (Å²) in [5.41, 5.74) is 6.72. The minimum atomic E-state index is -0.0817. The van der Waals surface area contributed by atoms with E-state index in [1.54, 1.807) is 11.3 Å². The number of aromatic nitrogens is 4. The van der Waals surface area contributed by atoms with Crippen molar-refractivity contribution in [3.05, 3.63) is 35.3 Å². The smallest absolute Gasteiger partial charge is 0.223 e. The number of hydrogen-bond donors (Lipinski definition) is 1. The Labute approximate surface area is 198 Å². The Kier molecular flexibility index (Phi) is 5.10.